The number of rotatable bonds is 6. The molecule has 6 heteroatoms. The SMILES string of the molecule is CNc1ncc(C(=N)c2ccccc2)c(NCC2CCC(N)CC2)n1. The van der Waals surface area contributed by atoms with E-state index in [0.717, 1.165) is 43.4 Å². The van der Waals surface area contributed by atoms with Crippen LogP contribution in [0.5, 0.6) is 0 Å². The summed E-state index contributed by atoms with van der Waals surface area (Å²) in [5.41, 5.74) is 8.00. The minimum Gasteiger partial charge on any atom is -0.369 e. The van der Waals surface area contributed by atoms with Gasteiger partial charge in [-0.2, -0.15) is 4.98 Å². The average molecular weight is 338 g/mol. The molecule has 1 aliphatic rings. The van der Waals surface area contributed by atoms with Gasteiger partial charge in [0.25, 0.3) is 0 Å². The summed E-state index contributed by atoms with van der Waals surface area (Å²) < 4.78 is 0. The van der Waals surface area contributed by atoms with E-state index in [9.17, 15) is 0 Å². The van der Waals surface area contributed by atoms with E-state index in [1.807, 2.05) is 30.3 Å². The predicted octanol–water partition coefficient (Wildman–Crippen LogP) is 2.86. The average Bonchev–Trinajstić information content (AvgIpc) is 2.67. The smallest absolute Gasteiger partial charge is 0.224 e. The normalized spacial score (nSPS) is 20.1. The van der Waals surface area contributed by atoms with Gasteiger partial charge < -0.3 is 16.4 Å². The highest BCUT2D eigenvalue weighted by molar-refractivity contribution is 6.13. The molecule has 1 heterocycles. The fraction of sp³-hybridized carbons (Fsp3) is 0.421. The first-order valence-electron chi connectivity index (χ1n) is 8.86. The Morgan fingerprint density at radius 1 is 1.20 bits per heavy atom. The number of benzene rings is 1. The number of nitrogens with two attached hydrogens (primary N) is 1. The molecule has 1 saturated carbocycles. The van der Waals surface area contributed by atoms with Gasteiger partial charge in [-0.1, -0.05) is 30.3 Å². The molecule has 1 aliphatic carbocycles. The molecule has 3 rings (SSSR count). The topological polar surface area (TPSA) is 99.7 Å². The van der Waals surface area contributed by atoms with Gasteiger partial charge in [0.15, 0.2) is 0 Å². The van der Waals surface area contributed by atoms with E-state index in [-0.39, 0.29) is 0 Å². The molecular formula is C19H26N6. The van der Waals surface area contributed by atoms with Gasteiger partial charge in [0.1, 0.15) is 5.82 Å². The third-order valence-electron chi connectivity index (χ3n) is 4.79. The van der Waals surface area contributed by atoms with Crippen molar-refractivity contribution >= 4 is 17.5 Å². The third-order valence-corrected chi connectivity index (χ3v) is 4.79. The van der Waals surface area contributed by atoms with Crippen molar-refractivity contribution in [2.75, 3.05) is 24.2 Å². The van der Waals surface area contributed by atoms with Crippen molar-refractivity contribution in [2.24, 2.45) is 11.7 Å². The first-order valence-corrected chi connectivity index (χ1v) is 8.86. The van der Waals surface area contributed by atoms with Gasteiger partial charge in [-0.05, 0) is 31.6 Å². The lowest BCUT2D eigenvalue weighted by Crippen LogP contribution is -2.29. The second-order valence-corrected chi connectivity index (χ2v) is 6.61. The minimum atomic E-state index is 0.355. The lowest BCUT2D eigenvalue weighted by atomic mass is 9.86. The van der Waals surface area contributed by atoms with E-state index in [4.69, 9.17) is 11.1 Å². The molecule has 2 aromatic rings. The maximum absolute atomic E-state index is 8.53. The van der Waals surface area contributed by atoms with Crippen molar-refractivity contribution in [2.45, 2.75) is 31.7 Å². The largest absolute Gasteiger partial charge is 0.369 e. The number of nitrogens with one attached hydrogen (secondary N) is 3. The molecule has 6 nitrogen and oxygen atoms in total. The lowest BCUT2D eigenvalue weighted by Gasteiger charge is -2.26. The summed E-state index contributed by atoms with van der Waals surface area (Å²) in [7, 11) is 1.80. The fourth-order valence-corrected chi connectivity index (χ4v) is 3.21. The Hall–Kier alpha value is -2.47. The van der Waals surface area contributed by atoms with Crippen molar-refractivity contribution in [3.63, 3.8) is 0 Å². The van der Waals surface area contributed by atoms with Gasteiger partial charge in [0.05, 0.1) is 11.3 Å². The van der Waals surface area contributed by atoms with E-state index in [1.165, 1.54) is 0 Å². The summed E-state index contributed by atoms with van der Waals surface area (Å²) in [6.07, 6.45) is 6.18. The predicted molar refractivity (Wildman–Crippen MR) is 102 cm³/mol. The molecule has 0 saturated heterocycles. The molecule has 1 aromatic heterocycles. The maximum atomic E-state index is 8.53. The maximum Gasteiger partial charge on any atom is 0.224 e. The van der Waals surface area contributed by atoms with Crippen molar-refractivity contribution < 1.29 is 0 Å². The van der Waals surface area contributed by atoms with Crippen LogP contribution < -0.4 is 16.4 Å². The monoisotopic (exact) mass is 338 g/mol. The zero-order valence-electron chi connectivity index (χ0n) is 14.6. The van der Waals surface area contributed by atoms with Crippen LogP contribution in [-0.2, 0) is 0 Å². The van der Waals surface area contributed by atoms with Crippen LogP contribution in [0.4, 0.5) is 11.8 Å². The van der Waals surface area contributed by atoms with Gasteiger partial charge >= 0.3 is 0 Å². The highest BCUT2D eigenvalue weighted by Gasteiger charge is 2.20. The van der Waals surface area contributed by atoms with Crippen molar-refractivity contribution in [1.82, 2.24) is 9.97 Å². The third kappa shape index (κ3) is 4.33. The van der Waals surface area contributed by atoms with Crippen LogP contribution in [0.1, 0.15) is 36.8 Å². The Bertz CT molecular complexity index is 707. The van der Waals surface area contributed by atoms with Crippen LogP contribution in [0.15, 0.2) is 36.5 Å². The van der Waals surface area contributed by atoms with Gasteiger partial charge in [0.2, 0.25) is 5.95 Å². The molecule has 1 fully saturated rings. The molecule has 25 heavy (non-hydrogen) atoms. The summed E-state index contributed by atoms with van der Waals surface area (Å²) >= 11 is 0. The molecule has 5 N–H and O–H groups in total. The van der Waals surface area contributed by atoms with E-state index in [1.54, 1.807) is 13.2 Å². The molecule has 0 amide bonds. The van der Waals surface area contributed by atoms with Gasteiger partial charge in [-0.3, -0.25) is 5.41 Å². The molecule has 0 spiro atoms. The van der Waals surface area contributed by atoms with Crippen LogP contribution >= 0.6 is 0 Å². The van der Waals surface area contributed by atoms with Gasteiger partial charge in [-0.25, -0.2) is 4.98 Å². The summed E-state index contributed by atoms with van der Waals surface area (Å²) in [5, 5.41) is 14.9. The second kappa shape index (κ2) is 8.07. The zero-order chi connectivity index (χ0) is 17.6. The van der Waals surface area contributed by atoms with E-state index in [0.29, 0.717) is 29.4 Å². The van der Waals surface area contributed by atoms with Crippen molar-refractivity contribution in [3.05, 3.63) is 47.7 Å². The molecule has 1 aromatic carbocycles. The zero-order valence-corrected chi connectivity index (χ0v) is 14.6. The molecule has 0 radical (unpaired) electrons. The van der Waals surface area contributed by atoms with Crippen LogP contribution in [-0.4, -0.2) is 35.3 Å². The number of aromatic nitrogens is 2. The van der Waals surface area contributed by atoms with Crippen LogP contribution in [0.3, 0.4) is 0 Å². The van der Waals surface area contributed by atoms with E-state index >= 15 is 0 Å². The summed E-state index contributed by atoms with van der Waals surface area (Å²) in [6.45, 7) is 0.849. The molecular weight excluding hydrogens is 312 g/mol. The van der Waals surface area contributed by atoms with Crippen molar-refractivity contribution in [3.8, 4) is 0 Å². The van der Waals surface area contributed by atoms with Crippen molar-refractivity contribution in [1.29, 1.82) is 5.41 Å². The minimum absolute atomic E-state index is 0.355. The Kier molecular flexibility index (Phi) is 5.60. The second-order valence-electron chi connectivity index (χ2n) is 6.61. The van der Waals surface area contributed by atoms with Gasteiger partial charge in [0, 0.05) is 31.4 Å². The standard InChI is InChI=1S/C19H26N6/c1-22-19-24-12-16(17(21)14-5-3-2-4-6-14)18(25-19)23-11-13-7-9-15(20)10-8-13/h2-6,12-13,15,21H,7-11,20H2,1H3,(H2,22,23,24,25). The van der Waals surface area contributed by atoms with E-state index < -0.39 is 0 Å². The highest BCUT2D eigenvalue weighted by atomic mass is 15.1. The molecule has 0 unspecified atom stereocenters. The quantitative estimate of drug-likeness (QED) is 0.607. The first-order chi connectivity index (χ1) is 12.2. The van der Waals surface area contributed by atoms with Crippen LogP contribution in [0.25, 0.3) is 0 Å². The summed E-state index contributed by atoms with van der Waals surface area (Å²) in [5.74, 6) is 1.87. The Balaban J connectivity index is 1.78. The number of nitrogens with zero attached hydrogens (tertiary/aromatic N) is 2. The Morgan fingerprint density at radius 3 is 2.60 bits per heavy atom. The first kappa shape index (κ1) is 17.4. The van der Waals surface area contributed by atoms with Crippen LogP contribution in [0.2, 0.25) is 0 Å². The Morgan fingerprint density at radius 2 is 1.92 bits per heavy atom. The fourth-order valence-electron chi connectivity index (χ4n) is 3.21. The number of hydrogen-bond donors (Lipinski definition) is 4. The Labute approximate surface area is 148 Å². The van der Waals surface area contributed by atoms with Gasteiger partial charge in [-0.15, -0.1) is 0 Å². The van der Waals surface area contributed by atoms with Crippen LogP contribution in [0, 0.1) is 11.3 Å². The molecule has 0 bridgehead atoms. The molecule has 0 atom stereocenters. The highest BCUT2D eigenvalue weighted by Crippen LogP contribution is 2.25. The number of anilines is 2. The van der Waals surface area contributed by atoms with E-state index in [2.05, 4.69) is 20.6 Å². The summed E-state index contributed by atoms with van der Waals surface area (Å²) in [6, 6.07) is 10.0. The lowest BCUT2D eigenvalue weighted by molar-refractivity contribution is 0.338. The summed E-state index contributed by atoms with van der Waals surface area (Å²) in [4.78, 5) is 8.83. The molecule has 132 valence electrons. The number of hydrogen-bond acceptors (Lipinski definition) is 6. The molecule has 0 aliphatic heterocycles.